The van der Waals surface area contributed by atoms with Crippen LogP contribution in [-0.2, 0) is 6.54 Å². The van der Waals surface area contributed by atoms with Gasteiger partial charge in [-0.2, -0.15) is 0 Å². The van der Waals surface area contributed by atoms with Gasteiger partial charge >= 0.3 is 6.03 Å². The Kier molecular flexibility index (Phi) is 6.42. The van der Waals surface area contributed by atoms with E-state index in [1.807, 2.05) is 42.5 Å². The largest absolute Gasteiger partial charge is 0.493 e. The lowest BCUT2D eigenvalue weighted by atomic mass is 10.2. The lowest BCUT2D eigenvalue weighted by Crippen LogP contribution is -2.32. The summed E-state index contributed by atoms with van der Waals surface area (Å²) < 4.78 is 13.1. The first-order valence-corrected chi connectivity index (χ1v) is 9.46. The monoisotopic (exact) mass is 381 g/mol. The molecule has 0 unspecified atom stereocenters. The number of para-hydroxylation sites is 2. The van der Waals surface area contributed by atoms with Crippen LogP contribution in [0.4, 0.5) is 10.5 Å². The zero-order chi connectivity index (χ0) is 19.9. The van der Waals surface area contributed by atoms with Crippen LogP contribution in [-0.4, -0.2) is 30.9 Å². The number of aromatic nitrogens is 1. The van der Waals surface area contributed by atoms with Crippen molar-refractivity contribution in [2.45, 2.75) is 20.4 Å². The Balaban J connectivity index is 1.49. The fraction of sp³-hybridized carbons (Fsp3) is 0.318. The van der Waals surface area contributed by atoms with Crippen molar-refractivity contribution in [1.82, 2.24) is 9.88 Å². The summed E-state index contributed by atoms with van der Waals surface area (Å²) in [6.45, 7) is 6.11. The molecule has 3 aromatic rings. The van der Waals surface area contributed by atoms with Gasteiger partial charge in [-0.1, -0.05) is 26.0 Å². The predicted molar refractivity (Wildman–Crippen MR) is 112 cm³/mol. The number of benzene rings is 2. The Bertz CT molecular complexity index is 934. The number of rotatable bonds is 8. The van der Waals surface area contributed by atoms with Crippen molar-refractivity contribution in [1.29, 1.82) is 0 Å². The van der Waals surface area contributed by atoms with Crippen LogP contribution in [0.5, 0.6) is 11.5 Å². The molecule has 0 aliphatic heterocycles. The average Bonchev–Trinajstić information content (AvgIpc) is 3.07. The summed E-state index contributed by atoms with van der Waals surface area (Å²) in [5.74, 6) is 1.91. The highest BCUT2D eigenvalue weighted by molar-refractivity contribution is 5.92. The Morgan fingerprint density at radius 1 is 1.11 bits per heavy atom. The minimum Gasteiger partial charge on any atom is -0.493 e. The lowest BCUT2D eigenvalue weighted by molar-refractivity contribution is 0.246. The van der Waals surface area contributed by atoms with E-state index in [4.69, 9.17) is 9.47 Å². The molecule has 6 heteroatoms. The highest BCUT2D eigenvalue weighted by atomic mass is 16.5. The molecule has 6 nitrogen and oxygen atoms in total. The molecular formula is C22H27N3O3. The molecule has 1 aromatic heterocycles. The number of hydrogen-bond acceptors (Lipinski definition) is 3. The van der Waals surface area contributed by atoms with E-state index < -0.39 is 0 Å². The molecular weight excluding hydrogens is 354 g/mol. The van der Waals surface area contributed by atoms with E-state index in [-0.39, 0.29) is 6.03 Å². The number of methoxy groups -OCH3 is 1. The third kappa shape index (κ3) is 4.97. The summed E-state index contributed by atoms with van der Waals surface area (Å²) in [5, 5.41) is 6.77. The van der Waals surface area contributed by atoms with Crippen LogP contribution in [0.25, 0.3) is 10.9 Å². The van der Waals surface area contributed by atoms with Gasteiger partial charge in [0.1, 0.15) is 6.61 Å². The van der Waals surface area contributed by atoms with Gasteiger partial charge < -0.3 is 24.7 Å². The van der Waals surface area contributed by atoms with Crippen molar-refractivity contribution in [2.24, 2.45) is 5.92 Å². The number of nitrogens with zero attached hydrogens (tertiary/aromatic N) is 1. The highest BCUT2D eigenvalue weighted by Gasteiger charge is 2.07. The van der Waals surface area contributed by atoms with Crippen molar-refractivity contribution in [2.75, 3.05) is 25.6 Å². The first kappa shape index (κ1) is 19.6. The van der Waals surface area contributed by atoms with E-state index in [9.17, 15) is 4.79 Å². The summed E-state index contributed by atoms with van der Waals surface area (Å²) in [4.78, 5) is 12.1. The standard InChI is InChI=1S/C22H27N3O3/c1-16(2)15-25-12-10-17-14-18(8-9-19(17)25)24-22(26)23-11-13-28-21-7-5-4-6-20(21)27-3/h4-10,12,14,16H,11,13,15H2,1-3H3,(H2,23,24,26). The molecule has 2 amide bonds. The van der Waals surface area contributed by atoms with Crippen LogP contribution in [0, 0.1) is 5.92 Å². The molecule has 0 saturated heterocycles. The number of fused-ring (bicyclic) bond motifs is 1. The minimum absolute atomic E-state index is 0.260. The molecule has 3 rings (SSSR count). The van der Waals surface area contributed by atoms with Gasteiger partial charge in [0.2, 0.25) is 0 Å². The smallest absolute Gasteiger partial charge is 0.319 e. The number of anilines is 1. The molecule has 0 fully saturated rings. The third-order valence-electron chi connectivity index (χ3n) is 4.30. The molecule has 1 heterocycles. The van der Waals surface area contributed by atoms with Crippen molar-refractivity contribution in [3.05, 3.63) is 54.7 Å². The molecule has 0 spiro atoms. The number of urea groups is 1. The van der Waals surface area contributed by atoms with Gasteiger partial charge in [-0.3, -0.25) is 0 Å². The van der Waals surface area contributed by atoms with E-state index in [1.54, 1.807) is 7.11 Å². The lowest BCUT2D eigenvalue weighted by Gasteiger charge is -2.12. The number of carbonyl (C=O) groups excluding carboxylic acids is 1. The van der Waals surface area contributed by atoms with Gasteiger partial charge in [0.15, 0.2) is 11.5 Å². The SMILES string of the molecule is COc1ccccc1OCCNC(=O)Nc1ccc2c(ccn2CC(C)C)c1. The van der Waals surface area contributed by atoms with Crippen LogP contribution < -0.4 is 20.1 Å². The van der Waals surface area contributed by atoms with Gasteiger partial charge in [-0.15, -0.1) is 0 Å². The molecule has 2 aromatic carbocycles. The molecule has 0 atom stereocenters. The zero-order valence-corrected chi connectivity index (χ0v) is 16.6. The fourth-order valence-electron chi connectivity index (χ4n) is 3.07. The Labute approximate surface area is 165 Å². The number of carbonyl (C=O) groups is 1. The molecule has 0 aliphatic rings. The van der Waals surface area contributed by atoms with Gasteiger partial charge in [0, 0.05) is 29.3 Å². The predicted octanol–water partition coefficient (Wildman–Crippen LogP) is 4.51. The van der Waals surface area contributed by atoms with Crippen molar-refractivity contribution in [3.8, 4) is 11.5 Å². The third-order valence-corrected chi connectivity index (χ3v) is 4.30. The molecule has 0 aliphatic carbocycles. The summed E-state index contributed by atoms with van der Waals surface area (Å²) >= 11 is 0. The second kappa shape index (κ2) is 9.17. The van der Waals surface area contributed by atoms with Crippen LogP contribution in [0.2, 0.25) is 0 Å². The van der Waals surface area contributed by atoms with Gasteiger partial charge in [0.25, 0.3) is 0 Å². The van der Waals surface area contributed by atoms with Crippen molar-refractivity contribution >= 4 is 22.6 Å². The zero-order valence-electron chi connectivity index (χ0n) is 16.6. The summed E-state index contributed by atoms with van der Waals surface area (Å²) in [5.41, 5.74) is 1.93. The first-order valence-electron chi connectivity index (χ1n) is 9.46. The summed E-state index contributed by atoms with van der Waals surface area (Å²) in [6.07, 6.45) is 2.09. The van der Waals surface area contributed by atoms with Gasteiger partial charge in [-0.25, -0.2) is 4.79 Å². The normalized spacial score (nSPS) is 10.9. The Morgan fingerprint density at radius 2 is 1.89 bits per heavy atom. The summed E-state index contributed by atoms with van der Waals surface area (Å²) in [7, 11) is 1.60. The van der Waals surface area contributed by atoms with E-state index in [1.165, 1.54) is 5.52 Å². The number of amides is 2. The minimum atomic E-state index is -0.260. The molecule has 0 saturated carbocycles. The average molecular weight is 381 g/mol. The Morgan fingerprint density at radius 3 is 2.64 bits per heavy atom. The number of ether oxygens (including phenoxy) is 2. The van der Waals surface area contributed by atoms with E-state index in [0.717, 1.165) is 17.6 Å². The number of nitrogens with one attached hydrogen (secondary N) is 2. The second-order valence-electron chi connectivity index (χ2n) is 7.02. The quantitative estimate of drug-likeness (QED) is 0.565. The van der Waals surface area contributed by atoms with Gasteiger partial charge in [0.05, 0.1) is 13.7 Å². The molecule has 148 valence electrons. The Hall–Kier alpha value is -3.15. The first-order chi connectivity index (χ1) is 13.6. The topological polar surface area (TPSA) is 64.5 Å². The van der Waals surface area contributed by atoms with Gasteiger partial charge in [-0.05, 0) is 42.3 Å². The van der Waals surface area contributed by atoms with E-state index >= 15 is 0 Å². The van der Waals surface area contributed by atoms with Crippen LogP contribution in [0.3, 0.4) is 0 Å². The summed E-state index contributed by atoms with van der Waals surface area (Å²) in [6, 6.07) is 15.2. The molecule has 2 N–H and O–H groups in total. The van der Waals surface area contributed by atoms with Crippen LogP contribution in [0.15, 0.2) is 54.7 Å². The maximum atomic E-state index is 12.1. The van der Waals surface area contributed by atoms with Crippen molar-refractivity contribution in [3.63, 3.8) is 0 Å². The fourth-order valence-corrected chi connectivity index (χ4v) is 3.07. The van der Waals surface area contributed by atoms with E-state index in [0.29, 0.717) is 30.6 Å². The van der Waals surface area contributed by atoms with E-state index in [2.05, 4.69) is 41.3 Å². The highest BCUT2D eigenvalue weighted by Crippen LogP contribution is 2.25. The van der Waals surface area contributed by atoms with Crippen LogP contribution in [0.1, 0.15) is 13.8 Å². The molecule has 28 heavy (non-hydrogen) atoms. The number of hydrogen-bond donors (Lipinski definition) is 2. The maximum absolute atomic E-state index is 12.1. The molecule has 0 radical (unpaired) electrons. The second-order valence-corrected chi connectivity index (χ2v) is 7.02. The molecule has 0 bridgehead atoms. The van der Waals surface area contributed by atoms with Crippen LogP contribution >= 0.6 is 0 Å². The maximum Gasteiger partial charge on any atom is 0.319 e. The van der Waals surface area contributed by atoms with Crippen molar-refractivity contribution < 1.29 is 14.3 Å².